The molecule has 2 aromatic carbocycles. The lowest BCUT2D eigenvalue weighted by Crippen LogP contribution is -2.18. The third-order valence-corrected chi connectivity index (χ3v) is 4.59. The van der Waals surface area contributed by atoms with Gasteiger partial charge in [-0.1, -0.05) is 18.2 Å². The summed E-state index contributed by atoms with van der Waals surface area (Å²) in [6.07, 6.45) is 2.09. The largest absolute Gasteiger partial charge is 0.453 e. The van der Waals surface area contributed by atoms with E-state index in [4.69, 9.17) is 4.42 Å². The normalized spacial score (nSPS) is 14.1. The lowest BCUT2D eigenvalue weighted by molar-refractivity contribution is 0.602. The van der Waals surface area contributed by atoms with Crippen molar-refractivity contribution >= 4 is 28.6 Å². The molecule has 1 aliphatic rings. The van der Waals surface area contributed by atoms with Gasteiger partial charge in [-0.25, -0.2) is 0 Å². The number of furan rings is 1. The van der Waals surface area contributed by atoms with Crippen LogP contribution in [-0.2, 0) is 0 Å². The summed E-state index contributed by atoms with van der Waals surface area (Å²) in [6, 6.07) is 17.0. The summed E-state index contributed by atoms with van der Waals surface area (Å²) >= 11 is 1.76. The highest BCUT2D eigenvalue weighted by atomic mass is 32.2. The quantitative estimate of drug-likeness (QED) is 0.738. The van der Waals surface area contributed by atoms with Crippen molar-refractivity contribution in [3.8, 4) is 11.1 Å². The van der Waals surface area contributed by atoms with E-state index < -0.39 is 0 Å². The monoisotopic (exact) mass is 308 g/mol. The highest BCUT2D eigenvalue weighted by Gasteiger charge is 2.13. The van der Waals surface area contributed by atoms with Gasteiger partial charge in [0.2, 0.25) is 0 Å². The molecule has 0 atom stereocenters. The van der Waals surface area contributed by atoms with E-state index in [1.54, 1.807) is 11.8 Å². The second-order valence-corrected chi connectivity index (χ2v) is 6.13. The lowest BCUT2D eigenvalue weighted by atomic mass is 10.0. The molecule has 0 amide bonds. The Hall–Kier alpha value is -2.20. The molecule has 0 spiro atoms. The van der Waals surface area contributed by atoms with Crippen molar-refractivity contribution in [3.05, 3.63) is 54.3 Å². The van der Waals surface area contributed by atoms with Crippen molar-refractivity contribution in [2.45, 2.75) is 4.90 Å². The van der Waals surface area contributed by atoms with Crippen LogP contribution in [0.1, 0.15) is 5.76 Å². The lowest BCUT2D eigenvalue weighted by Gasteiger charge is -2.03. The summed E-state index contributed by atoms with van der Waals surface area (Å²) in [5.74, 6) is 1.68. The Bertz CT molecular complexity index is 849. The van der Waals surface area contributed by atoms with Crippen LogP contribution in [0, 0.1) is 0 Å². The molecule has 0 saturated heterocycles. The SMILES string of the molecule is CSc1ccc(-c2ccc3oc(C4=NCCN4)cc3c2)cc1. The van der Waals surface area contributed by atoms with Crippen molar-refractivity contribution in [3.63, 3.8) is 0 Å². The average Bonchev–Trinajstić information content (AvgIpc) is 3.23. The highest BCUT2D eigenvalue weighted by Crippen LogP contribution is 2.28. The van der Waals surface area contributed by atoms with Crippen LogP contribution in [0.25, 0.3) is 22.1 Å². The molecule has 3 aromatic rings. The number of hydrogen-bond donors (Lipinski definition) is 1. The first-order valence-electron chi connectivity index (χ1n) is 7.30. The molecule has 0 aliphatic carbocycles. The summed E-state index contributed by atoms with van der Waals surface area (Å²) in [5, 5.41) is 4.36. The smallest absolute Gasteiger partial charge is 0.170 e. The van der Waals surface area contributed by atoms with Gasteiger partial charge in [0, 0.05) is 16.8 Å². The van der Waals surface area contributed by atoms with Crippen molar-refractivity contribution in [1.82, 2.24) is 5.32 Å². The average molecular weight is 308 g/mol. The number of benzene rings is 2. The fourth-order valence-corrected chi connectivity index (χ4v) is 3.09. The van der Waals surface area contributed by atoms with Gasteiger partial charge in [-0.05, 0) is 47.7 Å². The van der Waals surface area contributed by atoms with E-state index in [9.17, 15) is 0 Å². The van der Waals surface area contributed by atoms with Gasteiger partial charge in [0.05, 0.1) is 6.54 Å². The first-order valence-corrected chi connectivity index (χ1v) is 8.53. The fraction of sp³-hybridized carbons (Fsp3) is 0.167. The number of nitrogens with zero attached hydrogens (tertiary/aromatic N) is 1. The molecule has 1 aromatic heterocycles. The van der Waals surface area contributed by atoms with Crippen LogP contribution in [0.3, 0.4) is 0 Å². The number of nitrogens with one attached hydrogen (secondary N) is 1. The summed E-state index contributed by atoms with van der Waals surface area (Å²) in [6.45, 7) is 1.71. The third-order valence-electron chi connectivity index (χ3n) is 3.85. The van der Waals surface area contributed by atoms with E-state index in [1.807, 2.05) is 6.07 Å². The molecule has 2 heterocycles. The van der Waals surface area contributed by atoms with Crippen molar-refractivity contribution in [2.75, 3.05) is 19.3 Å². The second-order valence-electron chi connectivity index (χ2n) is 5.25. The Kier molecular flexibility index (Phi) is 3.39. The van der Waals surface area contributed by atoms with E-state index in [0.29, 0.717) is 0 Å². The van der Waals surface area contributed by atoms with Gasteiger partial charge < -0.3 is 9.73 Å². The van der Waals surface area contributed by atoms with Crippen LogP contribution in [0.15, 0.2) is 62.8 Å². The molecule has 4 heteroatoms. The highest BCUT2D eigenvalue weighted by molar-refractivity contribution is 7.98. The van der Waals surface area contributed by atoms with Crippen LogP contribution in [-0.4, -0.2) is 25.2 Å². The van der Waals surface area contributed by atoms with Gasteiger partial charge in [0.15, 0.2) is 11.6 Å². The Morgan fingerprint density at radius 2 is 1.86 bits per heavy atom. The molecular weight excluding hydrogens is 292 g/mol. The topological polar surface area (TPSA) is 37.5 Å². The van der Waals surface area contributed by atoms with Crippen LogP contribution in [0.4, 0.5) is 0 Å². The molecule has 0 bridgehead atoms. The van der Waals surface area contributed by atoms with E-state index in [-0.39, 0.29) is 0 Å². The van der Waals surface area contributed by atoms with Crippen molar-refractivity contribution < 1.29 is 4.42 Å². The van der Waals surface area contributed by atoms with Gasteiger partial charge in [0.1, 0.15) is 5.58 Å². The molecule has 0 saturated carbocycles. The summed E-state index contributed by atoms with van der Waals surface area (Å²) in [5.41, 5.74) is 3.32. The van der Waals surface area contributed by atoms with Crippen molar-refractivity contribution in [2.24, 2.45) is 4.99 Å². The number of aliphatic imine (C=N–C) groups is 1. The maximum absolute atomic E-state index is 5.88. The molecule has 0 radical (unpaired) electrons. The molecular formula is C18H16N2OS. The Morgan fingerprint density at radius 3 is 2.59 bits per heavy atom. The Labute approximate surface area is 133 Å². The molecule has 22 heavy (non-hydrogen) atoms. The molecule has 3 nitrogen and oxygen atoms in total. The third kappa shape index (κ3) is 2.40. The molecule has 4 rings (SSSR count). The number of rotatable bonds is 3. The zero-order chi connectivity index (χ0) is 14.9. The van der Waals surface area contributed by atoms with E-state index in [0.717, 1.165) is 35.7 Å². The van der Waals surface area contributed by atoms with E-state index >= 15 is 0 Å². The first kappa shape index (κ1) is 13.5. The van der Waals surface area contributed by atoms with E-state index in [2.05, 4.69) is 59.0 Å². The van der Waals surface area contributed by atoms with Gasteiger partial charge in [-0.2, -0.15) is 0 Å². The summed E-state index contributed by atoms with van der Waals surface area (Å²) in [4.78, 5) is 5.69. The van der Waals surface area contributed by atoms with E-state index in [1.165, 1.54) is 16.0 Å². The van der Waals surface area contributed by atoms with Crippen LogP contribution in [0.2, 0.25) is 0 Å². The maximum Gasteiger partial charge on any atom is 0.170 e. The number of hydrogen-bond acceptors (Lipinski definition) is 4. The summed E-state index contributed by atoms with van der Waals surface area (Å²) < 4.78 is 5.88. The zero-order valence-corrected chi connectivity index (χ0v) is 13.1. The molecule has 1 aliphatic heterocycles. The minimum Gasteiger partial charge on any atom is -0.453 e. The zero-order valence-electron chi connectivity index (χ0n) is 12.3. The number of fused-ring (bicyclic) bond motifs is 1. The predicted molar refractivity (Wildman–Crippen MR) is 92.8 cm³/mol. The Morgan fingerprint density at radius 1 is 1.05 bits per heavy atom. The van der Waals surface area contributed by atoms with Gasteiger partial charge in [-0.15, -0.1) is 11.8 Å². The molecule has 1 N–H and O–H groups in total. The van der Waals surface area contributed by atoms with Crippen molar-refractivity contribution in [1.29, 1.82) is 0 Å². The molecule has 0 fully saturated rings. The van der Waals surface area contributed by atoms with Crippen LogP contribution >= 0.6 is 11.8 Å². The molecule has 110 valence electrons. The van der Waals surface area contributed by atoms with Gasteiger partial charge in [-0.3, -0.25) is 4.99 Å². The van der Waals surface area contributed by atoms with Crippen LogP contribution < -0.4 is 5.32 Å². The standard InChI is InChI=1S/C18H16N2OS/c1-22-15-5-2-12(3-6-15)13-4-7-16-14(10-13)11-17(21-16)18-19-8-9-20-18/h2-7,10-11H,8-9H2,1H3,(H,19,20). The fourth-order valence-electron chi connectivity index (χ4n) is 2.69. The Balaban J connectivity index is 1.73. The minimum absolute atomic E-state index is 0.819. The van der Waals surface area contributed by atoms with Crippen LogP contribution in [0.5, 0.6) is 0 Å². The van der Waals surface area contributed by atoms with Gasteiger partial charge in [0.25, 0.3) is 0 Å². The second kappa shape index (κ2) is 5.54. The van der Waals surface area contributed by atoms with Gasteiger partial charge >= 0.3 is 0 Å². The minimum atomic E-state index is 0.819. The molecule has 0 unspecified atom stereocenters. The predicted octanol–water partition coefficient (Wildman–Crippen LogP) is 4.17. The summed E-state index contributed by atoms with van der Waals surface area (Å²) in [7, 11) is 0. The number of thioether (sulfide) groups is 1. The number of amidine groups is 1. The first-order chi connectivity index (χ1) is 10.8. The maximum atomic E-state index is 5.88.